The molecule has 0 aromatic heterocycles. The Morgan fingerprint density at radius 1 is 0.781 bits per heavy atom. The molecule has 0 saturated heterocycles. The van der Waals surface area contributed by atoms with Crippen molar-refractivity contribution < 1.29 is 19.4 Å². The van der Waals surface area contributed by atoms with E-state index in [9.17, 15) is 10.2 Å². The fraction of sp³-hybridized carbons (Fsp3) is 0.778. The van der Waals surface area contributed by atoms with Crippen LogP contribution in [-0.2, 0) is 15.8 Å². The molecule has 0 saturated carbocycles. The minimum absolute atomic E-state index is 0.0673. The molecule has 5 heteroatoms. The van der Waals surface area contributed by atoms with Gasteiger partial charge in [0.25, 0.3) is 0 Å². The van der Waals surface area contributed by atoms with Crippen molar-refractivity contribution in [3.8, 4) is 0 Å². The van der Waals surface area contributed by atoms with Gasteiger partial charge in [-0.05, 0) is 46.9 Å². The zero-order valence-electron chi connectivity index (χ0n) is 21.9. The van der Waals surface area contributed by atoms with Crippen LogP contribution in [0.4, 0.5) is 0 Å². The molecule has 0 spiro atoms. The van der Waals surface area contributed by atoms with Crippen LogP contribution in [0.3, 0.4) is 0 Å². The van der Waals surface area contributed by atoms with Gasteiger partial charge in [0, 0.05) is 12.5 Å². The average molecular weight is 467 g/mol. The van der Waals surface area contributed by atoms with E-state index in [2.05, 4.69) is 55.4 Å². The van der Waals surface area contributed by atoms with Crippen LogP contribution in [0.25, 0.3) is 0 Å². The lowest BCUT2D eigenvalue weighted by molar-refractivity contribution is -0.0150. The Bertz CT molecular complexity index is 583. The Labute approximate surface area is 198 Å². The van der Waals surface area contributed by atoms with Gasteiger partial charge >= 0.3 is 0 Å². The Balaban J connectivity index is 2.60. The summed E-state index contributed by atoms with van der Waals surface area (Å²) in [6.07, 6.45) is 1.14. The predicted octanol–water partition coefficient (Wildman–Crippen LogP) is 6.42. The zero-order valence-corrected chi connectivity index (χ0v) is 22.9. The van der Waals surface area contributed by atoms with Crippen molar-refractivity contribution in [1.29, 1.82) is 0 Å². The number of aliphatic hydroxyl groups excluding tert-OH is 2. The van der Waals surface area contributed by atoms with Gasteiger partial charge in [-0.2, -0.15) is 0 Å². The zero-order chi connectivity index (χ0) is 24.3. The van der Waals surface area contributed by atoms with Gasteiger partial charge in [-0.3, -0.25) is 0 Å². The summed E-state index contributed by atoms with van der Waals surface area (Å²) in [6, 6.07) is 10.1. The molecule has 186 valence electrons. The molecule has 0 radical (unpaired) electrons. The van der Waals surface area contributed by atoms with Crippen molar-refractivity contribution in [1.82, 2.24) is 0 Å². The Hall–Kier alpha value is -0.723. The molecular formula is C27H50O4Si. The summed E-state index contributed by atoms with van der Waals surface area (Å²) in [5.74, 6) is 0.820. The van der Waals surface area contributed by atoms with Crippen molar-refractivity contribution in [2.45, 2.75) is 97.6 Å². The summed E-state index contributed by atoms with van der Waals surface area (Å²) >= 11 is 0. The van der Waals surface area contributed by atoms with Crippen molar-refractivity contribution in [3.05, 3.63) is 35.9 Å². The van der Waals surface area contributed by atoms with E-state index in [-0.39, 0.29) is 12.5 Å². The molecule has 2 N–H and O–H groups in total. The number of aliphatic hydroxyl groups is 2. The Morgan fingerprint density at radius 3 is 1.84 bits per heavy atom. The topological polar surface area (TPSA) is 58.9 Å². The Kier molecular flexibility index (Phi) is 13.3. The number of ether oxygens (including phenoxy) is 1. The van der Waals surface area contributed by atoms with E-state index in [0.29, 0.717) is 41.7 Å². The lowest BCUT2D eigenvalue weighted by atomic mass is 9.87. The highest BCUT2D eigenvalue weighted by Crippen LogP contribution is 2.42. The number of hydrogen-bond acceptors (Lipinski definition) is 4. The standard InChI is InChI=1S/C27H50O4Si/c1-20(2)32(21(3)4,22(5)6)31-17-24(8)14-23(7)15-26(27(29)16-28)19-30-18-25-12-10-9-11-13-25/h9-13,20-24,26-29H,14-19H2,1-8H3/t23-,24+,26-,27+/m1/s1. The van der Waals surface area contributed by atoms with Gasteiger partial charge in [-0.1, -0.05) is 85.7 Å². The second kappa shape index (κ2) is 14.5. The van der Waals surface area contributed by atoms with Crippen molar-refractivity contribution in [3.63, 3.8) is 0 Å². The van der Waals surface area contributed by atoms with Gasteiger partial charge in [0.2, 0.25) is 0 Å². The summed E-state index contributed by atoms with van der Waals surface area (Å²) in [7, 11) is -1.84. The van der Waals surface area contributed by atoms with E-state index >= 15 is 0 Å². The largest absolute Gasteiger partial charge is 0.416 e. The van der Waals surface area contributed by atoms with Crippen LogP contribution in [0.15, 0.2) is 30.3 Å². The number of hydrogen-bond donors (Lipinski definition) is 2. The molecule has 1 aromatic carbocycles. The SMILES string of the molecule is CC(C)[Si](OC[C@@H](C)C[C@@H](C)C[C@H](COCc1ccccc1)[C@@H](O)CO)(C(C)C)C(C)C. The van der Waals surface area contributed by atoms with Gasteiger partial charge in [0.05, 0.1) is 25.9 Å². The third-order valence-corrected chi connectivity index (χ3v) is 13.1. The first-order chi connectivity index (χ1) is 15.0. The summed E-state index contributed by atoms with van der Waals surface area (Å²) in [5, 5.41) is 19.9. The van der Waals surface area contributed by atoms with Crippen LogP contribution in [0.5, 0.6) is 0 Å². The quantitative estimate of drug-likeness (QED) is 0.276. The third-order valence-electron chi connectivity index (χ3n) is 7.01. The molecule has 0 unspecified atom stereocenters. The lowest BCUT2D eigenvalue weighted by Crippen LogP contribution is -2.48. The van der Waals surface area contributed by atoms with E-state index in [1.54, 1.807) is 0 Å². The highest BCUT2D eigenvalue weighted by molar-refractivity contribution is 6.77. The molecular weight excluding hydrogens is 416 g/mol. The average Bonchev–Trinajstić information content (AvgIpc) is 2.72. The smallest absolute Gasteiger partial charge is 0.200 e. The molecule has 1 rings (SSSR count). The van der Waals surface area contributed by atoms with E-state index in [1.807, 2.05) is 30.3 Å². The first-order valence-corrected chi connectivity index (χ1v) is 14.7. The fourth-order valence-electron chi connectivity index (χ4n) is 5.54. The summed E-state index contributed by atoms with van der Waals surface area (Å²) in [5.41, 5.74) is 2.91. The second-order valence-corrected chi connectivity index (χ2v) is 16.3. The van der Waals surface area contributed by atoms with Crippen molar-refractivity contribution >= 4 is 8.32 Å². The van der Waals surface area contributed by atoms with Crippen molar-refractivity contribution in [2.75, 3.05) is 19.8 Å². The number of rotatable bonds is 16. The second-order valence-electron chi connectivity index (χ2n) is 10.8. The molecule has 0 bridgehead atoms. The maximum absolute atomic E-state index is 10.3. The van der Waals surface area contributed by atoms with E-state index in [4.69, 9.17) is 9.16 Å². The van der Waals surface area contributed by atoms with E-state index in [0.717, 1.165) is 25.0 Å². The molecule has 0 aliphatic rings. The molecule has 1 aromatic rings. The van der Waals surface area contributed by atoms with Gasteiger partial charge in [0.1, 0.15) is 0 Å². The molecule has 0 amide bonds. The van der Waals surface area contributed by atoms with Crippen LogP contribution in [-0.4, -0.2) is 44.5 Å². The minimum atomic E-state index is -1.84. The Morgan fingerprint density at radius 2 is 1.34 bits per heavy atom. The highest BCUT2D eigenvalue weighted by Gasteiger charge is 2.45. The first kappa shape index (κ1) is 29.3. The first-order valence-electron chi connectivity index (χ1n) is 12.6. The van der Waals surface area contributed by atoms with Gasteiger partial charge in [0.15, 0.2) is 8.32 Å². The van der Waals surface area contributed by atoms with Crippen molar-refractivity contribution in [2.24, 2.45) is 17.8 Å². The van der Waals surface area contributed by atoms with E-state index < -0.39 is 14.4 Å². The molecule has 0 heterocycles. The van der Waals surface area contributed by atoms with Gasteiger partial charge in [-0.25, -0.2) is 0 Å². The van der Waals surface area contributed by atoms with Crippen LogP contribution in [0.2, 0.25) is 16.6 Å². The maximum Gasteiger partial charge on any atom is 0.200 e. The normalized spacial score (nSPS) is 16.5. The molecule has 4 atom stereocenters. The summed E-state index contributed by atoms with van der Waals surface area (Å²) in [6.45, 7) is 20.1. The predicted molar refractivity (Wildman–Crippen MR) is 137 cm³/mol. The van der Waals surface area contributed by atoms with Crippen LogP contribution in [0, 0.1) is 17.8 Å². The van der Waals surface area contributed by atoms with Gasteiger partial charge < -0.3 is 19.4 Å². The monoisotopic (exact) mass is 466 g/mol. The highest BCUT2D eigenvalue weighted by atomic mass is 28.4. The fourth-order valence-corrected chi connectivity index (χ4v) is 11.1. The molecule has 0 aliphatic heterocycles. The summed E-state index contributed by atoms with van der Waals surface area (Å²) in [4.78, 5) is 0. The van der Waals surface area contributed by atoms with Crippen LogP contribution in [0.1, 0.15) is 73.8 Å². The number of benzene rings is 1. The van der Waals surface area contributed by atoms with Crippen LogP contribution >= 0.6 is 0 Å². The molecule has 32 heavy (non-hydrogen) atoms. The lowest BCUT2D eigenvalue weighted by Gasteiger charge is -2.43. The molecule has 4 nitrogen and oxygen atoms in total. The van der Waals surface area contributed by atoms with Crippen LogP contribution < -0.4 is 0 Å². The van der Waals surface area contributed by atoms with E-state index in [1.165, 1.54) is 0 Å². The summed E-state index contributed by atoms with van der Waals surface area (Å²) < 4.78 is 12.7. The minimum Gasteiger partial charge on any atom is -0.416 e. The maximum atomic E-state index is 10.3. The molecule has 0 fully saturated rings. The third kappa shape index (κ3) is 8.90. The molecule has 0 aliphatic carbocycles. The van der Waals surface area contributed by atoms with Gasteiger partial charge in [-0.15, -0.1) is 0 Å².